The van der Waals surface area contributed by atoms with Crippen LogP contribution in [0.3, 0.4) is 0 Å². The standard InChI is InChI=1S/C17H23N3O2S/c18-15(22)13-1-2-23-16(13)20-14(21)9-19-17-6-10-3-11(7-17)5-12(4-10)8-17/h1-2,10-12,19H,3-9H2,(H2,18,22)(H,20,21)/p+1. The van der Waals surface area contributed by atoms with Gasteiger partial charge in [-0.15, -0.1) is 11.3 Å². The van der Waals surface area contributed by atoms with Gasteiger partial charge in [-0.1, -0.05) is 0 Å². The molecular weight excluding hydrogens is 310 g/mol. The molecule has 0 spiro atoms. The van der Waals surface area contributed by atoms with Crippen molar-refractivity contribution in [2.45, 2.75) is 44.1 Å². The fourth-order valence-electron chi connectivity index (χ4n) is 5.51. The molecule has 0 unspecified atom stereocenters. The molecule has 1 heterocycles. The quantitative estimate of drug-likeness (QED) is 0.758. The summed E-state index contributed by atoms with van der Waals surface area (Å²) in [6.45, 7) is 0.433. The average Bonchev–Trinajstić information content (AvgIpc) is 2.92. The molecule has 5 rings (SSSR count). The van der Waals surface area contributed by atoms with Crippen LogP contribution in [0.5, 0.6) is 0 Å². The summed E-state index contributed by atoms with van der Waals surface area (Å²) in [6.07, 6.45) is 8.07. The van der Waals surface area contributed by atoms with Crippen molar-refractivity contribution >= 4 is 28.2 Å². The van der Waals surface area contributed by atoms with E-state index in [1.54, 1.807) is 11.4 Å². The van der Waals surface area contributed by atoms with Gasteiger partial charge in [0.15, 0.2) is 6.54 Å². The van der Waals surface area contributed by atoms with Crippen molar-refractivity contribution in [1.82, 2.24) is 0 Å². The zero-order valence-electron chi connectivity index (χ0n) is 13.2. The van der Waals surface area contributed by atoms with Crippen LogP contribution in [0.1, 0.15) is 48.9 Å². The molecule has 4 bridgehead atoms. The lowest BCUT2D eigenvalue weighted by atomic mass is 9.53. The minimum absolute atomic E-state index is 0.0364. The number of hydrogen-bond acceptors (Lipinski definition) is 3. The van der Waals surface area contributed by atoms with Gasteiger partial charge < -0.3 is 16.4 Å². The van der Waals surface area contributed by atoms with Crippen molar-refractivity contribution in [2.75, 3.05) is 11.9 Å². The smallest absolute Gasteiger partial charge is 0.280 e. The Labute approximate surface area is 140 Å². The molecule has 1 aromatic rings. The minimum atomic E-state index is -0.494. The highest BCUT2D eigenvalue weighted by Gasteiger charge is 2.53. The molecule has 6 heteroatoms. The first-order valence-electron chi connectivity index (χ1n) is 8.54. The Kier molecular flexibility index (Phi) is 3.69. The minimum Gasteiger partial charge on any atom is -0.366 e. The summed E-state index contributed by atoms with van der Waals surface area (Å²) in [6, 6.07) is 1.66. The third kappa shape index (κ3) is 2.90. The van der Waals surface area contributed by atoms with Crippen LogP contribution in [0.4, 0.5) is 5.00 Å². The van der Waals surface area contributed by atoms with Crippen LogP contribution in [0.25, 0.3) is 0 Å². The van der Waals surface area contributed by atoms with Gasteiger partial charge in [0.25, 0.3) is 11.8 Å². The topological polar surface area (TPSA) is 88.8 Å². The molecule has 0 atom stereocenters. The molecule has 23 heavy (non-hydrogen) atoms. The molecule has 0 aromatic carbocycles. The van der Waals surface area contributed by atoms with Crippen LogP contribution in [0.2, 0.25) is 0 Å². The van der Waals surface area contributed by atoms with Gasteiger partial charge in [-0.3, -0.25) is 9.59 Å². The summed E-state index contributed by atoms with van der Waals surface area (Å²) in [4.78, 5) is 23.6. The number of hydrogen-bond donors (Lipinski definition) is 3. The number of thiophene rings is 1. The van der Waals surface area contributed by atoms with E-state index in [9.17, 15) is 9.59 Å². The van der Waals surface area contributed by atoms with Crippen LogP contribution < -0.4 is 16.4 Å². The largest absolute Gasteiger partial charge is 0.366 e. The monoisotopic (exact) mass is 334 g/mol. The summed E-state index contributed by atoms with van der Waals surface area (Å²) in [5, 5.41) is 7.48. The number of primary amides is 1. The Balaban J connectivity index is 1.37. The van der Waals surface area contributed by atoms with Gasteiger partial charge in [0.1, 0.15) is 5.00 Å². The number of anilines is 1. The lowest BCUT2D eigenvalue weighted by Gasteiger charge is -2.54. The number of carbonyl (C=O) groups is 2. The number of nitrogens with two attached hydrogens (primary N) is 2. The summed E-state index contributed by atoms with van der Waals surface area (Å²) in [5.41, 5.74) is 6.02. The Morgan fingerprint density at radius 2 is 1.83 bits per heavy atom. The van der Waals surface area contributed by atoms with Gasteiger partial charge in [-0.05, 0) is 48.5 Å². The molecule has 4 aliphatic carbocycles. The van der Waals surface area contributed by atoms with Crippen molar-refractivity contribution < 1.29 is 14.9 Å². The van der Waals surface area contributed by atoms with Crippen LogP contribution in [0.15, 0.2) is 11.4 Å². The molecule has 4 fully saturated rings. The molecule has 0 saturated heterocycles. The van der Waals surface area contributed by atoms with Crippen molar-refractivity contribution in [1.29, 1.82) is 0 Å². The summed E-state index contributed by atoms with van der Waals surface area (Å²) < 4.78 is 0. The highest BCUT2D eigenvalue weighted by molar-refractivity contribution is 7.14. The van der Waals surface area contributed by atoms with E-state index in [4.69, 9.17) is 5.73 Å². The number of amides is 2. The number of carbonyl (C=O) groups excluding carboxylic acids is 2. The molecule has 0 radical (unpaired) electrons. The first kappa shape index (κ1) is 15.1. The predicted molar refractivity (Wildman–Crippen MR) is 89.2 cm³/mol. The van der Waals surface area contributed by atoms with E-state index < -0.39 is 5.91 Å². The fraction of sp³-hybridized carbons (Fsp3) is 0.647. The van der Waals surface area contributed by atoms with Gasteiger partial charge in [-0.25, -0.2) is 0 Å². The second kappa shape index (κ2) is 5.60. The Bertz CT molecular complexity index is 604. The maximum Gasteiger partial charge on any atom is 0.280 e. The molecule has 5 N–H and O–H groups in total. The van der Waals surface area contributed by atoms with E-state index >= 15 is 0 Å². The van der Waals surface area contributed by atoms with Crippen molar-refractivity contribution in [3.8, 4) is 0 Å². The Morgan fingerprint density at radius 1 is 1.22 bits per heavy atom. The van der Waals surface area contributed by atoms with Gasteiger partial charge in [0, 0.05) is 19.3 Å². The molecule has 1 aromatic heterocycles. The van der Waals surface area contributed by atoms with E-state index in [0.717, 1.165) is 17.8 Å². The third-order valence-corrected chi connectivity index (χ3v) is 6.82. The van der Waals surface area contributed by atoms with E-state index in [1.165, 1.54) is 49.9 Å². The number of nitrogens with one attached hydrogen (secondary N) is 1. The molecule has 0 aliphatic heterocycles. The third-order valence-electron chi connectivity index (χ3n) is 5.99. The van der Waals surface area contributed by atoms with Crippen molar-refractivity contribution in [3.05, 3.63) is 17.0 Å². The second-order valence-electron chi connectivity index (χ2n) is 7.76. The molecule has 4 aliphatic rings. The molecule has 5 nitrogen and oxygen atoms in total. The van der Waals surface area contributed by atoms with Crippen LogP contribution in [-0.2, 0) is 4.79 Å². The van der Waals surface area contributed by atoms with E-state index in [2.05, 4.69) is 10.6 Å². The molecular formula is C17H24N3O2S+. The maximum absolute atomic E-state index is 12.3. The lowest BCUT2D eigenvalue weighted by Crippen LogP contribution is -3.00. The van der Waals surface area contributed by atoms with Gasteiger partial charge in [0.2, 0.25) is 0 Å². The van der Waals surface area contributed by atoms with Crippen LogP contribution in [0, 0.1) is 17.8 Å². The lowest BCUT2D eigenvalue weighted by molar-refractivity contribution is -0.729. The zero-order chi connectivity index (χ0) is 16.0. The first-order valence-corrected chi connectivity index (χ1v) is 9.42. The van der Waals surface area contributed by atoms with Crippen LogP contribution >= 0.6 is 11.3 Å². The Morgan fingerprint density at radius 3 is 2.39 bits per heavy atom. The van der Waals surface area contributed by atoms with Crippen LogP contribution in [-0.4, -0.2) is 23.9 Å². The van der Waals surface area contributed by atoms with Crippen molar-refractivity contribution in [2.24, 2.45) is 23.5 Å². The number of rotatable bonds is 5. The van der Waals surface area contributed by atoms with Crippen molar-refractivity contribution in [3.63, 3.8) is 0 Å². The Hall–Kier alpha value is -1.40. The normalized spacial score (nSPS) is 34.5. The number of quaternary nitrogens is 1. The highest BCUT2D eigenvalue weighted by atomic mass is 32.1. The predicted octanol–water partition coefficient (Wildman–Crippen LogP) is 1.32. The van der Waals surface area contributed by atoms with Gasteiger partial charge in [0.05, 0.1) is 11.1 Å². The van der Waals surface area contributed by atoms with E-state index in [1.807, 2.05) is 0 Å². The zero-order valence-corrected chi connectivity index (χ0v) is 14.0. The summed E-state index contributed by atoms with van der Waals surface area (Å²) in [7, 11) is 0. The fourth-order valence-corrected chi connectivity index (χ4v) is 6.32. The second-order valence-corrected chi connectivity index (χ2v) is 8.68. The van der Waals surface area contributed by atoms with Gasteiger partial charge >= 0.3 is 0 Å². The molecule has 4 saturated carbocycles. The summed E-state index contributed by atoms with van der Waals surface area (Å²) in [5.74, 6) is 2.13. The SMILES string of the molecule is NC(=O)c1ccsc1NC(=O)C[NH2+]C12CC3CC(CC(C3)C1)C2. The molecule has 124 valence electrons. The van der Waals surface area contributed by atoms with Gasteiger partial charge in [-0.2, -0.15) is 0 Å². The maximum atomic E-state index is 12.3. The molecule has 2 amide bonds. The van der Waals surface area contributed by atoms with E-state index in [-0.39, 0.29) is 5.91 Å². The first-order chi connectivity index (χ1) is 11.0. The highest BCUT2D eigenvalue weighted by Crippen LogP contribution is 2.54. The van der Waals surface area contributed by atoms with E-state index in [0.29, 0.717) is 22.6 Å². The summed E-state index contributed by atoms with van der Waals surface area (Å²) >= 11 is 1.34. The average molecular weight is 334 g/mol.